The first kappa shape index (κ1) is 21.2. The molecule has 0 N–H and O–H groups in total. The maximum Gasteiger partial charge on any atom is 0.349 e. The molecular weight excluding hydrogens is 363 g/mol. The van der Waals surface area contributed by atoms with E-state index in [1.54, 1.807) is 13.2 Å². The molecule has 0 fully saturated rings. The molecule has 6 nitrogen and oxygen atoms in total. The zero-order valence-electron chi connectivity index (χ0n) is 16.4. The standard InChI is InChI=1S/C21H23FN2O4/c1-14-9-17(15(2)24(14)7-8-26-3)11-18(12-23)21(25)28-13-16-5-6-20(27-4)19(22)10-16/h5-6,9-11H,7-8,13H2,1-4H3/b18-11+. The lowest BCUT2D eigenvalue weighted by molar-refractivity contribution is -0.139. The minimum absolute atomic E-state index is 0.108. The molecule has 2 rings (SSSR count). The number of hydrogen-bond acceptors (Lipinski definition) is 5. The molecule has 28 heavy (non-hydrogen) atoms. The van der Waals surface area contributed by atoms with Crippen molar-refractivity contribution in [2.75, 3.05) is 20.8 Å². The Morgan fingerprint density at radius 2 is 2.04 bits per heavy atom. The number of aromatic nitrogens is 1. The Kier molecular flexibility index (Phi) is 7.36. The SMILES string of the molecule is COCCn1c(C)cc(/C=C(\C#N)C(=O)OCc2ccc(OC)c(F)c2)c1C. The summed E-state index contributed by atoms with van der Waals surface area (Å²) < 4.78 is 30.9. The van der Waals surface area contributed by atoms with Crippen molar-refractivity contribution in [2.45, 2.75) is 27.0 Å². The summed E-state index contributed by atoms with van der Waals surface area (Å²) in [5, 5.41) is 9.35. The van der Waals surface area contributed by atoms with Crippen LogP contribution in [-0.2, 0) is 27.4 Å². The number of esters is 1. The third kappa shape index (κ3) is 4.99. The minimum atomic E-state index is -0.763. The molecule has 1 heterocycles. The molecular formula is C21H23FN2O4. The van der Waals surface area contributed by atoms with E-state index in [9.17, 15) is 14.4 Å². The van der Waals surface area contributed by atoms with Gasteiger partial charge >= 0.3 is 5.97 Å². The molecule has 0 saturated carbocycles. The molecule has 0 aliphatic rings. The van der Waals surface area contributed by atoms with E-state index in [1.807, 2.05) is 26.0 Å². The highest BCUT2D eigenvalue weighted by Gasteiger charge is 2.15. The highest BCUT2D eigenvalue weighted by Crippen LogP contribution is 2.20. The third-order valence-corrected chi connectivity index (χ3v) is 4.36. The van der Waals surface area contributed by atoms with Crippen LogP contribution < -0.4 is 4.74 Å². The van der Waals surface area contributed by atoms with Crippen LogP contribution in [0.2, 0.25) is 0 Å². The van der Waals surface area contributed by atoms with Crippen molar-refractivity contribution in [3.63, 3.8) is 0 Å². The number of nitrogens with zero attached hydrogens (tertiary/aromatic N) is 2. The van der Waals surface area contributed by atoms with Gasteiger partial charge in [0.25, 0.3) is 0 Å². The maximum absolute atomic E-state index is 13.7. The van der Waals surface area contributed by atoms with E-state index in [-0.39, 0.29) is 17.9 Å². The van der Waals surface area contributed by atoms with E-state index in [0.29, 0.717) is 18.7 Å². The molecule has 7 heteroatoms. The predicted octanol–water partition coefficient (Wildman–Crippen LogP) is 3.55. The molecule has 0 spiro atoms. The lowest BCUT2D eigenvalue weighted by Crippen LogP contribution is -2.08. The number of hydrogen-bond donors (Lipinski definition) is 0. The largest absolute Gasteiger partial charge is 0.494 e. The molecule has 0 saturated heterocycles. The van der Waals surface area contributed by atoms with Gasteiger partial charge in [-0.2, -0.15) is 5.26 Å². The monoisotopic (exact) mass is 386 g/mol. The molecule has 0 bridgehead atoms. The highest BCUT2D eigenvalue weighted by molar-refractivity contribution is 5.98. The molecule has 0 radical (unpaired) electrons. The average molecular weight is 386 g/mol. The molecule has 2 aromatic rings. The van der Waals surface area contributed by atoms with E-state index < -0.39 is 11.8 Å². The average Bonchev–Trinajstić information content (AvgIpc) is 2.95. The van der Waals surface area contributed by atoms with Crippen molar-refractivity contribution in [1.82, 2.24) is 4.57 Å². The fourth-order valence-corrected chi connectivity index (χ4v) is 2.82. The number of halogens is 1. The molecule has 148 valence electrons. The van der Waals surface area contributed by atoms with Gasteiger partial charge < -0.3 is 18.8 Å². The quantitative estimate of drug-likeness (QED) is 0.394. The normalized spacial score (nSPS) is 11.2. The van der Waals surface area contributed by atoms with Crippen LogP contribution >= 0.6 is 0 Å². The van der Waals surface area contributed by atoms with Crippen LogP contribution in [0.3, 0.4) is 0 Å². The fraction of sp³-hybridized carbons (Fsp3) is 0.333. The fourth-order valence-electron chi connectivity index (χ4n) is 2.82. The van der Waals surface area contributed by atoms with Crippen LogP contribution in [0.25, 0.3) is 6.08 Å². The van der Waals surface area contributed by atoms with Crippen molar-refractivity contribution in [2.24, 2.45) is 0 Å². The van der Waals surface area contributed by atoms with Gasteiger partial charge in [-0.05, 0) is 49.2 Å². The summed E-state index contributed by atoms with van der Waals surface area (Å²) in [6.07, 6.45) is 1.50. The molecule has 0 unspecified atom stereocenters. The number of ether oxygens (including phenoxy) is 3. The van der Waals surface area contributed by atoms with Gasteiger partial charge in [0, 0.05) is 25.0 Å². The molecule has 1 aromatic carbocycles. The zero-order chi connectivity index (χ0) is 20.7. The van der Waals surface area contributed by atoms with Crippen molar-refractivity contribution >= 4 is 12.0 Å². The van der Waals surface area contributed by atoms with Crippen molar-refractivity contribution in [1.29, 1.82) is 5.26 Å². The Hall–Kier alpha value is -3.11. The van der Waals surface area contributed by atoms with Gasteiger partial charge in [0.2, 0.25) is 0 Å². The second-order valence-corrected chi connectivity index (χ2v) is 6.19. The number of benzene rings is 1. The number of carbonyl (C=O) groups excluding carboxylic acids is 1. The smallest absolute Gasteiger partial charge is 0.349 e. The first-order chi connectivity index (χ1) is 13.4. The van der Waals surface area contributed by atoms with Gasteiger partial charge in [-0.1, -0.05) is 6.07 Å². The highest BCUT2D eigenvalue weighted by atomic mass is 19.1. The Bertz CT molecular complexity index is 925. The van der Waals surface area contributed by atoms with E-state index in [1.165, 1.54) is 25.3 Å². The molecule has 0 amide bonds. The van der Waals surface area contributed by atoms with Crippen molar-refractivity contribution in [3.8, 4) is 11.8 Å². The predicted molar refractivity (Wildman–Crippen MR) is 102 cm³/mol. The second kappa shape index (κ2) is 9.72. The van der Waals surface area contributed by atoms with Crippen LogP contribution in [0.5, 0.6) is 5.75 Å². The number of rotatable bonds is 8. The number of carbonyl (C=O) groups is 1. The molecule has 0 aliphatic heterocycles. The van der Waals surface area contributed by atoms with Crippen LogP contribution in [0.15, 0.2) is 29.8 Å². The Morgan fingerprint density at radius 1 is 1.29 bits per heavy atom. The lowest BCUT2D eigenvalue weighted by atomic mass is 10.1. The summed E-state index contributed by atoms with van der Waals surface area (Å²) in [4.78, 5) is 12.3. The minimum Gasteiger partial charge on any atom is -0.494 e. The lowest BCUT2D eigenvalue weighted by Gasteiger charge is -2.08. The van der Waals surface area contributed by atoms with Crippen LogP contribution in [-0.4, -0.2) is 31.4 Å². The third-order valence-electron chi connectivity index (χ3n) is 4.36. The number of aryl methyl sites for hydroxylation is 1. The van der Waals surface area contributed by atoms with Gasteiger partial charge in [0.05, 0.1) is 13.7 Å². The van der Waals surface area contributed by atoms with E-state index in [2.05, 4.69) is 4.57 Å². The first-order valence-electron chi connectivity index (χ1n) is 8.68. The number of nitriles is 1. The summed E-state index contributed by atoms with van der Waals surface area (Å²) in [7, 11) is 3.00. The Balaban J connectivity index is 2.13. The van der Waals surface area contributed by atoms with Gasteiger partial charge in [0.15, 0.2) is 11.6 Å². The summed E-state index contributed by atoms with van der Waals surface area (Å²) >= 11 is 0. The zero-order valence-corrected chi connectivity index (χ0v) is 16.4. The molecule has 0 atom stereocenters. The first-order valence-corrected chi connectivity index (χ1v) is 8.68. The maximum atomic E-state index is 13.7. The Morgan fingerprint density at radius 3 is 2.64 bits per heavy atom. The summed E-state index contributed by atoms with van der Waals surface area (Å²) in [5.41, 5.74) is 3.02. The van der Waals surface area contributed by atoms with E-state index >= 15 is 0 Å². The molecule has 1 aromatic heterocycles. The number of methoxy groups -OCH3 is 2. The summed E-state index contributed by atoms with van der Waals surface area (Å²) in [6.45, 7) is 4.95. The van der Waals surface area contributed by atoms with Gasteiger partial charge in [-0.25, -0.2) is 9.18 Å². The topological polar surface area (TPSA) is 73.5 Å². The van der Waals surface area contributed by atoms with Gasteiger partial charge in [-0.3, -0.25) is 0 Å². The molecule has 0 aliphatic carbocycles. The second-order valence-electron chi connectivity index (χ2n) is 6.19. The van der Waals surface area contributed by atoms with Crippen LogP contribution in [0.4, 0.5) is 4.39 Å². The van der Waals surface area contributed by atoms with Crippen LogP contribution in [0.1, 0.15) is 22.5 Å². The van der Waals surface area contributed by atoms with Crippen molar-refractivity contribution < 1.29 is 23.4 Å². The Labute approximate surface area is 163 Å². The van der Waals surface area contributed by atoms with E-state index in [0.717, 1.165) is 17.0 Å². The van der Waals surface area contributed by atoms with Crippen LogP contribution in [0, 0.1) is 31.0 Å². The summed E-state index contributed by atoms with van der Waals surface area (Å²) in [5.74, 6) is -1.20. The van der Waals surface area contributed by atoms with Gasteiger partial charge in [0.1, 0.15) is 18.2 Å². The van der Waals surface area contributed by atoms with Gasteiger partial charge in [-0.15, -0.1) is 0 Å². The summed E-state index contributed by atoms with van der Waals surface area (Å²) in [6, 6.07) is 8.04. The van der Waals surface area contributed by atoms with E-state index in [4.69, 9.17) is 14.2 Å². The van der Waals surface area contributed by atoms with Crippen molar-refractivity contribution in [3.05, 3.63) is 58.2 Å².